The summed E-state index contributed by atoms with van der Waals surface area (Å²) in [5.41, 5.74) is 1.73. The lowest BCUT2D eigenvalue weighted by Crippen LogP contribution is -2.07. The van der Waals surface area contributed by atoms with Gasteiger partial charge in [0.2, 0.25) is 5.28 Å². The number of phenolic OH excluding ortho intramolecular Hbond substituents is 1. The lowest BCUT2D eigenvalue weighted by Gasteiger charge is -2.07. The quantitative estimate of drug-likeness (QED) is 0.642. The van der Waals surface area contributed by atoms with Crippen LogP contribution in [-0.2, 0) is 6.42 Å². The van der Waals surface area contributed by atoms with Gasteiger partial charge < -0.3 is 10.4 Å². The van der Waals surface area contributed by atoms with E-state index >= 15 is 0 Å². The van der Waals surface area contributed by atoms with Gasteiger partial charge in [0.15, 0.2) is 5.65 Å². The van der Waals surface area contributed by atoms with E-state index in [1.54, 1.807) is 18.3 Å². The van der Waals surface area contributed by atoms with Gasteiger partial charge in [0.25, 0.3) is 0 Å². The largest absolute Gasteiger partial charge is 0.508 e. The van der Waals surface area contributed by atoms with Crippen molar-refractivity contribution >= 4 is 28.5 Å². The zero-order valence-electron chi connectivity index (χ0n) is 10.5. The molecule has 0 saturated heterocycles. The van der Waals surface area contributed by atoms with Crippen molar-refractivity contribution in [2.75, 3.05) is 11.9 Å². The van der Waals surface area contributed by atoms with E-state index in [4.69, 9.17) is 11.6 Å². The van der Waals surface area contributed by atoms with E-state index in [1.807, 2.05) is 12.1 Å². The number of nitrogens with zero attached hydrogens (tertiary/aromatic N) is 3. The molecule has 0 unspecified atom stereocenters. The van der Waals surface area contributed by atoms with E-state index in [9.17, 15) is 5.11 Å². The topological polar surface area (TPSA) is 86.7 Å². The molecule has 20 heavy (non-hydrogen) atoms. The van der Waals surface area contributed by atoms with Crippen molar-refractivity contribution in [2.45, 2.75) is 6.42 Å². The number of hydrogen-bond donors (Lipinski definition) is 3. The van der Waals surface area contributed by atoms with E-state index in [2.05, 4.69) is 25.5 Å². The van der Waals surface area contributed by atoms with Crippen molar-refractivity contribution in [2.24, 2.45) is 0 Å². The molecule has 0 fully saturated rings. The highest BCUT2D eigenvalue weighted by Gasteiger charge is 2.07. The Balaban J connectivity index is 1.70. The molecular weight excluding hydrogens is 278 g/mol. The van der Waals surface area contributed by atoms with Crippen LogP contribution in [0.2, 0.25) is 5.28 Å². The lowest BCUT2D eigenvalue weighted by molar-refractivity contribution is 0.475. The third kappa shape index (κ3) is 2.65. The number of anilines is 1. The van der Waals surface area contributed by atoms with E-state index in [0.717, 1.165) is 17.4 Å². The van der Waals surface area contributed by atoms with E-state index in [-0.39, 0.29) is 11.0 Å². The number of H-pyrrole nitrogens is 1. The highest BCUT2D eigenvalue weighted by atomic mass is 35.5. The van der Waals surface area contributed by atoms with Gasteiger partial charge in [0, 0.05) is 6.54 Å². The summed E-state index contributed by atoms with van der Waals surface area (Å²) in [6.07, 6.45) is 2.47. The molecule has 0 saturated carbocycles. The molecule has 0 bridgehead atoms. The van der Waals surface area contributed by atoms with E-state index in [1.165, 1.54) is 0 Å². The van der Waals surface area contributed by atoms with Gasteiger partial charge in [-0.15, -0.1) is 0 Å². The molecule has 0 atom stereocenters. The number of aromatic amines is 1. The summed E-state index contributed by atoms with van der Waals surface area (Å²) in [6, 6.07) is 7.12. The second-order valence-corrected chi connectivity index (χ2v) is 4.65. The number of benzene rings is 1. The number of aromatic hydroxyl groups is 1. The first-order valence-corrected chi connectivity index (χ1v) is 6.48. The summed E-state index contributed by atoms with van der Waals surface area (Å²) in [5.74, 6) is 0.928. The molecular formula is C13H12ClN5O. The summed E-state index contributed by atoms with van der Waals surface area (Å²) in [7, 11) is 0. The average Bonchev–Trinajstić information content (AvgIpc) is 2.89. The van der Waals surface area contributed by atoms with Gasteiger partial charge in [-0.2, -0.15) is 15.1 Å². The van der Waals surface area contributed by atoms with Crippen LogP contribution >= 0.6 is 11.6 Å². The van der Waals surface area contributed by atoms with Crippen LogP contribution in [0.3, 0.4) is 0 Å². The number of phenols is 1. The van der Waals surface area contributed by atoms with Gasteiger partial charge in [-0.1, -0.05) is 12.1 Å². The molecule has 102 valence electrons. The molecule has 3 rings (SSSR count). The van der Waals surface area contributed by atoms with Crippen LogP contribution in [-0.4, -0.2) is 31.8 Å². The highest BCUT2D eigenvalue weighted by Crippen LogP contribution is 2.19. The van der Waals surface area contributed by atoms with Crippen molar-refractivity contribution in [3.8, 4) is 5.75 Å². The molecule has 0 aliphatic heterocycles. The molecule has 3 aromatic rings. The molecule has 3 N–H and O–H groups in total. The van der Waals surface area contributed by atoms with Crippen LogP contribution in [0.4, 0.5) is 5.82 Å². The number of nitrogens with one attached hydrogen (secondary N) is 2. The molecule has 2 heterocycles. The predicted molar refractivity (Wildman–Crippen MR) is 77.0 cm³/mol. The molecule has 0 spiro atoms. The van der Waals surface area contributed by atoms with Gasteiger partial charge in [-0.25, -0.2) is 0 Å². The van der Waals surface area contributed by atoms with Gasteiger partial charge >= 0.3 is 0 Å². The Kier molecular flexibility index (Phi) is 3.39. The molecule has 7 heteroatoms. The Morgan fingerprint density at radius 1 is 1.20 bits per heavy atom. The number of aromatic nitrogens is 4. The van der Waals surface area contributed by atoms with Crippen molar-refractivity contribution in [1.82, 2.24) is 20.2 Å². The van der Waals surface area contributed by atoms with Gasteiger partial charge in [0.05, 0.1) is 11.6 Å². The van der Waals surface area contributed by atoms with Gasteiger partial charge in [0.1, 0.15) is 11.6 Å². The van der Waals surface area contributed by atoms with Crippen molar-refractivity contribution in [1.29, 1.82) is 0 Å². The average molecular weight is 290 g/mol. The second kappa shape index (κ2) is 5.34. The normalized spacial score (nSPS) is 10.8. The van der Waals surface area contributed by atoms with Gasteiger partial charge in [-0.05, 0) is 35.7 Å². The fourth-order valence-corrected chi connectivity index (χ4v) is 2.10. The fraction of sp³-hybridized carbons (Fsp3) is 0.154. The molecule has 0 aliphatic carbocycles. The SMILES string of the molecule is Oc1ccc(CCNc2nc(Cl)nc3[nH]ncc23)cc1. The summed E-state index contributed by atoms with van der Waals surface area (Å²) in [4.78, 5) is 8.20. The van der Waals surface area contributed by atoms with Crippen molar-refractivity contribution in [3.63, 3.8) is 0 Å². The molecule has 0 radical (unpaired) electrons. The summed E-state index contributed by atoms with van der Waals surface area (Å²) in [5, 5.41) is 20.1. The second-order valence-electron chi connectivity index (χ2n) is 4.32. The Labute approximate surface area is 119 Å². The standard InChI is InChI=1S/C13H12ClN5O/c14-13-17-11(10-7-16-19-12(10)18-13)15-6-5-8-1-3-9(20)4-2-8/h1-4,7,20H,5-6H2,(H2,15,16,17,18,19). The van der Waals surface area contributed by atoms with Crippen LogP contribution in [0, 0.1) is 0 Å². The number of fused-ring (bicyclic) bond motifs is 1. The minimum atomic E-state index is 0.175. The van der Waals surface area contributed by atoms with Crippen LogP contribution in [0.15, 0.2) is 30.5 Å². The highest BCUT2D eigenvalue weighted by molar-refractivity contribution is 6.28. The number of halogens is 1. The smallest absolute Gasteiger partial charge is 0.226 e. The summed E-state index contributed by atoms with van der Waals surface area (Å²) >= 11 is 5.86. The van der Waals surface area contributed by atoms with Crippen LogP contribution in [0.5, 0.6) is 5.75 Å². The molecule has 6 nitrogen and oxygen atoms in total. The first-order chi connectivity index (χ1) is 9.72. The van der Waals surface area contributed by atoms with Crippen molar-refractivity contribution < 1.29 is 5.11 Å². The maximum atomic E-state index is 9.23. The Hall–Kier alpha value is -2.34. The number of hydrogen-bond acceptors (Lipinski definition) is 5. The van der Waals surface area contributed by atoms with Crippen LogP contribution in [0.1, 0.15) is 5.56 Å². The van der Waals surface area contributed by atoms with Crippen molar-refractivity contribution in [3.05, 3.63) is 41.3 Å². The summed E-state index contributed by atoms with van der Waals surface area (Å²) in [6.45, 7) is 0.693. The van der Waals surface area contributed by atoms with Crippen LogP contribution < -0.4 is 5.32 Å². The maximum absolute atomic E-state index is 9.23. The predicted octanol–water partition coefficient (Wildman–Crippen LogP) is 2.37. The minimum absolute atomic E-state index is 0.175. The zero-order chi connectivity index (χ0) is 13.9. The Morgan fingerprint density at radius 2 is 2.00 bits per heavy atom. The Morgan fingerprint density at radius 3 is 2.80 bits per heavy atom. The lowest BCUT2D eigenvalue weighted by atomic mass is 10.1. The third-order valence-electron chi connectivity index (χ3n) is 2.92. The molecule has 0 amide bonds. The molecule has 2 aromatic heterocycles. The first-order valence-electron chi connectivity index (χ1n) is 6.11. The maximum Gasteiger partial charge on any atom is 0.226 e. The monoisotopic (exact) mass is 289 g/mol. The third-order valence-corrected chi connectivity index (χ3v) is 3.09. The Bertz CT molecular complexity index is 725. The van der Waals surface area contributed by atoms with Gasteiger partial charge in [-0.3, -0.25) is 5.10 Å². The molecule has 0 aliphatic rings. The minimum Gasteiger partial charge on any atom is -0.508 e. The van der Waals surface area contributed by atoms with E-state index < -0.39 is 0 Å². The summed E-state index contributed by atoms with van der Waals surface area (Å²) < 4.78 is 0. The first kappa shape index (κ1) is 12.7. The number of rotatable bonds is 4. The van der Waals surface area contributed by atoms with Crippen LogP contribution in [0.25, 0.3) is 11.0 Å². The zero-order valence-corrected chi connectivity index (χ0v) is 11.2. The molecule has 1 aromatic carbocycles. The van der Waals surface area contributed by atoms with E-state index in [0.29, 0.717) is 18.0 Å². The fourth-order valence-electron chi connectivity index (χ4n) is 1.93.